The van der Waals surface area contributed by atoms with Crippen LogP contribution in [-0.4, -0.2) is 33.1 Å². The van der Waals surface area contributed by atoms with Crippen molar-refractivity contribution in [3.63, 3.8) is 0 Å². The van der Waals surface area contributed by atoms with Crippen molar-refractivity contribution in [3.05, 3.63) is 11.1 Å². The fraction of sp³-hybridized carbons (Fsp3) is 0.931. The van der Waals surface area contributed by atoms with Gasteiger partial charge in [0.2, 0.25) is 0 Å². The highest BCUT2D eigenvalue weighted by Crippen LogP contribution is 2.66. The molecule has 0 radical (unpaired) electrons. The van der Waals surface area contributed by atoms with E-state index in [1.165, 1.54) is 37.7 Å². The van der Waals surface area contributed by atoms with Gasteiger partial charge in [-0.05, 0) is 85.5 Å². The van der Waals surface area contributed by atoms with Crippen molar-refractivity contribution in [1.82, 2.24) is 0 Å². The molecule has 3 fully saturated rings. The SMILES string of the molecule is CC[C@@H](CC[C@@H](C)[C@H]1CCC2=C3[C@H](O)[C@@H](O)[C@@]4(O)CCCC[C@]4(C)[C@H]3CC[C@@]21C)C(C)C. The maximum atomic E-state index is 11.6. The van der Waals surface area contributed by atoms with Gasteiger partial charge in [-0.25, -0.2) is 0 Å². The molecule has 0 aliphatic heterocycles. The van der Waals surface area contributed by atoms with Crippen molar-refractivity contribution in [2.24, 2.45) is 40.4 Å². The van der Waals surface area contributed by atoms with E-state index in [-0.39, 0.29) is 16.7 Å². The molecule has 0 aromatic carbocycles. The second kappa shape index (κ2) is 8.68. The highest BCUT2D eigenvalue weighted by molar-refractivity contribution is 5.40. The van der Waals surface area contributed by atoms with Crippen molar-refractivity contribution < 1.29 is 15.3 Å². The minimum absolute atomic E-state index is 0.145. The first-order valence-electron chi connectivity index (χ1n) is 13.8. The van der Waals surface area contributed by atoms with Crippen LogP contribution in [0.5, 0.6) is 0 Å². The van der Waals surface area contributed by atoms with E-state index in [2.05, 4.69) is 41.5 Å². The van der Waals surface area contributed by atoms with Gasteiger partial charge < -0.3 is 15.3 Å². The molecule has 0 saturated heterocycles. The van der Waals surface area contributed by atoms with Crippen LogP contribution in [-0.2, 0) is 0 Å². The van der Waals surface area contributed by atoms with Crippen molar-refractivity contribution in [3.8, 4) is 0 Å². The average molecular weight is 447 g/mol. The standard InChI is InChI=1S/C29H50O3/c1-7-20(18(2)3)11-10-19(4)21-12-13-22-24-23(14-17-27(21,22)5)28(6)15-8-9-16-29(28,32)26(31)25(24)30/h18-21,23,25-26,30-32H,7-17H2,1-6H3/t19-,20+,21-,23+,25+,26-,27-,28-,29+/m1/s1. The Morgan fingerprint density at radius 3 is 2.31 bits per heavy atom. The lowest BCUT2D eigenvalue weighted by Gasteiger charge is -2.62. The predicted molar refractivity (Wildman–Crippen MR) is 131 cm³/mol. The highest BCUT2D eigenvalue weighted by Gasteiger charge is 2.66. The van der Waals surface area contributed by atoms with Gasteiger partial charge in [0.05, 0.1) is 5.60 Å². The Bertz CT molecular complexity index is 728. The lowest BCUT2D eigenvalue weighted by atomic mass is 9.46. The minimum atomic E-state index is -1.15. The van der Waals surface area contributed by atoms with Crippen LogP contribution >= 0.6 is 0 Å². The van der Waals surface area contributed by atoms with Gasteiger partial charge in [0.25, 0.3) is 0 Å². The van der Waals surface area contributed by atoms with Crippen LogP contribution in [0.2, 0.25) is 0 Å². The number of hydrogen-bond acceptors (Lipinski definition) is 3. The zero-order chi connectivity index (χ0) is 23.5. The molecular formula is C29H50O3. The van der Waals surface area contributed by atoms with E-state index < -0.39 is 17.8 Å². The van der Waals surface area contributed by atoms with Crippen LogP contribution in [0.15, 0.2) is 11.1 Å². The maximum Gasteiger partial charge on any atom is 0.113 e. The minimum Gasteiger partial charge on any atom is -0.387 e. The fourth-order valence-electron chi connectivity index (χ4n) is 9.18. The summed E-state index contributed by atoms with van der Waals surface area (Å²) >= 11 is 0. The van der Waals surface area contributed by atoms with Gasteiger partial charge in [-0.15, -0.1) is 0 Å². The predicted octanol–water partition coefficient (Wildman–Crippen LogP) is 6.25. The van der Waals surface area contributed by atoms with Crippen LogP contribution in [0.25, 0.3) is 0 Å². The third-order valence-electron chi connectivity index (χ3n) is 11.4. The third-order valence-corrected chi connectivity index (χ3v) is 11.4. The Morgan fingerprint density at radius 2 is 1.66 bits per heavy atom. The van der Waals surface area contributed by atoms with Gasteiger partial charge in [0, 0.05) is 5.41 Å². The number of hydrogen-bond donors (Lipinski definition) is 3. The van der Waals surface area contributed by atoms with E-state index >= 15 is 0 Å². The van der Waals surface area contributed by atoms with Gasteiger partial charge in [-0.3, -0.25) is 0 Å². The number of rotatable bonds is 6. The summed E-state index contributed by atoms with van der Waals surface area (Å²) in [6, 6.07) is 0. The maximum absolute atomic E-state index is 11.6. The van der Waals surface area contributed by atoms with E-state index in [0.29, 0.717) is 18.3 Å². The zero-order valence-corrected chi connectivity index (χ0v) is 21.7. The van der Waals surface area contributed by atoms with Crippen LogP contribution in [0, 0.1) is 40.4 Å². The monoisotopic (exact) mass is 446 g/mol. The largest absolute Gasteiger partial charge is 0.387 e. The molecule has 3 nitrogen and oxygen atoms in total. The normalized spacial score (nSPS) is 45.9. The first kappa shape index (κ1) is 24.7. The zero-order valence-electron chi connectivity index (χ0n) is 21.7. The molecule has 0 bridgehead atoms. The lowest BCUT2D eigenvalue weighted by Crippen LogP contribution is -2.68. The molecule has 3 heteroatoms. The van der Waals surface area contributed by atoms with E-state index in [1.54, 1.807) is 0 Å². The number of allylic oxidation sites excluding steroid dienone is 1. The molecular weight excluding hydrogens is 396 g/mol. The summed E-state index contributed by atoms with van der Waals surface area (Å²) < 4.78 is 0. The molecule has 0 aromatic heterocycles. The smallest absolute Gasteiger partial charge is 0.113 e. The molecule has 32 heavy (non-hydrogen) atoms. The Balaban J connectivity index is 1.63. The molecule has 4 aliphatic carbocycles. The van der Waals surface area contributed by atoms with E-state index in [0.717, 1.165) is 49.5 Å². The molecule has 4 aliphatic rings. The number of aliphatic hydroxyl groups excluding tert-OH is 2. The van der Waals surface area contributed by atoms with Gasteiger partial charge in [0.1, 0.15) is 12.2 Å². The number of fused-ring (bicyclic) bond motifs is 4. The molecule has 0 unspecified atom stereocenters. The van der Waals surface area contributed by atoms with Gasteiger partial charge in [-0.2, -0.15) is 0 Å². The first-order chi connectivity index (χ1) is 15.0. The Morgan fingerprint density at radius 1 is 0.969 bits per heavy atom. The molecule has 3 saturated carbocycles. The average Bonchev–Trinajstić information content (AvgIpc) is 3.10. The third kappa shape index (κ3) is 3.47. The molecule has 4 rings (SSSR count). The van der Waals surface area contributed by atoms with Crippen molar-refractivity contribution in [2.75, 3.05) is 0 Å². The van der Waals surface area contributed by atoms with Crippen molar-refractivity contribution in [1.29, 1.82) is 0 Å². The second-order valence-corrected chi connectivity index (χ2v) is 13.0. The summed E-state index contributed by atoms with van der Waals surface area (Å²) in [6.45, 7) is 14.2. The molecule has 0 heterocycles. The Labute approximate surface area is 197 Å². The van der Waals surface area contributed by atoms with Crippen LogP contribution in [0.4, 0.5) is 0 Å². The van der Waals surface area contributed by atoms with Crippen LogP contribution in [0.3, 0.4) is 0 Å². The molecule has 0 spiro atoms. The molecule has 0 aromatic rings. The topological polar surface area (TPSA) is 60.7 Å². The summed E-state index contributed by atoms with van der Waals surface area (Å²) in [5.74, 6) is 3.15. The summed E-state index contributed by atoms with van der Waals surface area (Å²) in [5.41, 5.74) is 1.28. The molecule has 184 valence electrons. The molecule has 9 atom stereocenters. The van der Waals surface area contributed by atoms with Crippen LogP contribution < -0.4 is 0 Å². The lowest BCUT2D eigenvalue weighted by molar-refractivity contribution is -0.234. The fourth-order valence-corrected chi connectivity index (χ4v) is 9.18. The van der Waals surface area contributed by atoms with Gasteiger partial charge in [-0.1, -0.05) is 72.8 Å². The van der Waals surface area contributed by atoms with Crippen molar-refractivity contribution >= 4 is 0 Å². The second-order valence-electron chi connectivity index (χ2n) is 13.0. The van der Waals surface area contributed by atoms with E-state index in [4.69, 9.17) is 0 Å². The van der Waals surface area contributed by atoms with E-state index in [9.17, 15) is 15.3 Å². The summed E-state index contributed by atoms with van der Waals surface area (Å²) in [6.07, 6.45) is 10.1. The Kier molecular flexibility index (Phi) is 6.71. The number of aliphatic hydroxyl groups is 3. The van der Waals surface area contributed by atoms with E-state index in [1.807, 2.05) is 0 Å². The summed E-state index contributed by atoms with van der Waals surface area (Å²) in [7, 11) is 0. The van der Waals surface area contributed by atoms with Crippen LogP contribution in [0.1, 0.15) is 112 Å². The van der Waals surface area contributed by atoms with Crippen molar-refractivity contribution in [2.45, 2.75) is 130 Å². The quantitative estimate of drug-likeness (QED) is 0.422. The summed E-state index contributed by atoms with van der Waals surface area (Å²) in [4.78, 5) is 0. The highest BCUT2D eigenvalue weighted by atomic mass is 16.4. The van der Waals surface area contributed by atoms with Gasteiger partial charge in [0.15, 0.2) is 0 Å². The first-order valence-corrected chi connectivity index (χ1v) is 13.8. The Hall–Kier alpha value is -0.380. The molecule has 0 amide bonds. The summed E-state index contributed by atoms with van der Waals surface area (Å²) in [5, 5.41) is 34.2. The molecule has 3 N–H and O–H groups in total. The van der Waals surface area contributed by atoms with Gasteiger partial charge >= 0.3 is 0 Å².